The highest BCUT2D eigenvalue weighted by Gasteiger charge is 2.33. The van der Waals surface area contributed by atoms with Gasteiger partial charge in [-0.3, -0.25) is 9.89 Å². The van der Waals surface area contributed by atoms with Crippen LogP contribution in [0.4, 0.5) is 0 Å². The number of H-pyrrole nitrogens is 1. The lowest BCUT2D eigenvalue weighted by atomic mass is 9.82. The van der Waals surface area contributed by atoms with Crippen molar-refractivity contribution in [1.82, 2.24) is 15.1 Å². The highest BCUT2D eigenvalue weighted by molar-refractivity contribution is 8.13. The van der Waals surface area contributed by atoms with E-state index in [0.29, 0.717) is 25.2 Å². The van der Waals surface area contributed by atoms with E-state index in [0.717, 1.165) is 12.8 Å². The second-order valence-corrected chi connectivity index (χ2v) is 8.63. The van der Waals surface area contributed by atoms with Gasteiger partial charge in [0.1, 0.15) is 4.90 Å². The number of nitrogens with zero attached hydrogens (tertiary/aromatic N) is 2. The van der Waals surface area contributed by atoms with Crippen LogP contribution in [0.3, 0.4) is 0 Å². The Kier molecular flexibility index (Phi) is 4.35. The molecule has 118 valence electrons. The molecule has 1 fully saturated rings. The first-order valence-corrected chi connectivity index (χ1v) is 9.28. The van der Waals surface area contributed by atoms with Crippen molar-refractivity contribution in [2.24, 2.45) is 5.41 Å². The number of piperidine rings is 1. The third kappa shape index (κ3) is 3.40. The lowest BCUT2D eigenvalue weighted by Gasteiger charge is -2.36. The third-order valence-corrected chi connectivity index (χ3v) is 5.39. The number of aromatic nitrogens is 2. The van der Waals surface area contributed by atoms with Gasteiger partial charge < -0.3 is 4.90 Å². The first kappa shape index (κ1) is 16.3. The van der Waals surface area contributed by atoms with Crippen molar-refractivity contribution in [3.8, 4) is 0 Å². The molecular formula is C13H20ClN3O3S. The van der Waals surface area contributed by atoms with Crippen LogP contribution in [0.2, 0.25) is 0 Å². The number of aryl methyl sites for hydroxylation is 1. The van der Waals surface area contributed by atoms with Crippen molar-refractivity contribution >= 4 is 25.6 Å². The molecule has 1 saturated heterocycles. The fourth-order valence-electron chi connectivity index (χ4n) is 2.48. The number of rotatable bonds is 3. The molecule has 0 aromatic carbocycles. The molecule has 1 N–H and O–H groups in total. The summed E-state index contributed by atoms with van der Waals surface area (Å²) in [6.07, 6.45) is 2.17. The second kappa shape index (κ2) is 5.61. The Morgan fingerprint density at radius 1 is 1.38 bits per heavy atom. The van der Waals surface area contributed by atoms with Gasteiger partial charge in [-0.2, -0.15) is 5.10 Å². The molecule has 0 spiro atoms. The molecule has 2 heterocycles. The van der Waals surface area contributed by atoms with Gasteiger partial charge in [0.05, 0.1) is 5.69 Å². The van der Waals surface area contributed by atoms with Crippen molar-refractivity contribution in [1.29, 1.82) is 0 Å². The minimum Gasteiger partial charge on any atom is -0.337 e. The van der Waals surface area contributed by atoms with Gasteiger partial charge in [0, 0.05) is 23.8 Å². The standard InChI is InChI=1S/C13H20ClN3O3S/c1-4-9-11(21(14,19)20)10(16-15-9)12(18)17-7-5-13(2,3)6-8-17/h4-8H2,1-3H3,(H,15,16). The fraction of sp³-hybridized carbons (Fsp3) is 0.692. The third-order valence-electron chi connectivity index (χ3n) is 4.00. The van der Waals surface area contributed by atoms with Crippen LogP contribution in [0.15, 0.2) is 4.90 Å². The summed E-state index contributed by atoms with van der Waals surface area (Å²) in [7, 11) is 1.45. The zero-order valence-electron chi connectivity index (χ0n) is 12.4. The summed E-state index contributed by atoms with van der Waals surface area (Å²) in [5, 5.41) is 6.49. The molecule has 6 nitrogen and oxygen atoms in total. The zero-order valence-corrected chi connectivity index (χ0v) is 14.0. The highest BCUT2D eigenvalue weighted by atomic mass is 35.7. The summed E-state index contributed by atoms with van der Waals surface area (Å²) >= 11 is 0. The summed E-state index contributed by atoms with van der Waals surface area (Å²) in [5.74, 6) is -0.374. The molecular weight excluding hydrogens is 314 g/mol. The zero-order chi connectivity index (χ0) is 15.8. The summed E-state index contributed by atoms with van der Waals surface area (Å²) in [4.78, 5) is 14.0. The average Bonchev–Trinajstić information content (AvgIpc) is 2.81. The van der Waals surface area contributed by atoms with E-state index in [-0.39, 0.29) is 21.9 Å². The predicted molar refractivity (Wildman–Crippen MR) is 79.9 cm³/mol. The summed E-state index contributed by atoms with van der Waals surface area (Å²) in [6.45, 7) is 7.29. The van der Waals surface area contributed by atoms with E-state index in [1.807, 2.05) is 0 Å². The molecule has 1 aromatic rings. The smallest absolute Gasteiger partial charge is 0.275 e. The quantitative estimate of drug-likeness (QED) is 0.859. The molecule has 1 amide bonds. The van der Waals surface area contributed by atoms with Gasteiger partial charge >= 0.3 is 0 Å². The Hall–Kier alpha value is -1.08. The topological polar surface area (TPSA) is 83.1 Å². The molecule has 0 aliphatic carbocycles. The van der Waals surface area contributed by atoms with Crippen LogP contribution >= 0.6 is 10.7 Å². The van der Waals surface area contributed by atoms with Crippen LogP contribution in [0.5, 0.6) is 0 Å². The van der Waals surface area contributed by atoms with Gasteiger partial charge in [-0.05, 0) is 24.7 Å². The molecule has 0 radical (unpaired) electrons. The molecule has 0 bridgehead atoms. The van der Waals surface area contributed by atoms with E-state index < -0.39 is 9.05 Å². The van der Waals surface area contributed by atoms with E-state index in [4.69, 9.17) is 10.7 Å². The maximum atomic E-state index is 12.5. The molecule has 0 unspecified atom stereocenters. The van der Waals surface area contributed by atoms with Gasteiger partial charge in [-0.1, -0.05) is 20.8 Å². The molecule has 1 aromatic heterocycles. The number of nitrogens with one attached hydrogen (secondary N) is 1. The Labute approximate surface area is 129 Å². The van der Waals surface area contributed by atoms with Gasteiger partial charge in [0.15, 0.2) is 5.69 Å². The Bertz CT molecular complexity index is 642. The van der Waals surface area contributed by atoms with Crippen LogP contribution in [-0.2, 0) is 15.5 Å². The number of likely N-dealkylation sites (tertiary alicyclic amines) is 1. The second-order valence-electron chi connectivity index (χ2n) is 6.13. The summed E-state index contributed by atoms with van der Waals surface area (Å²) in [5.41, 5.74) is 0.477. The number of halogens is 1. The van der Waals surface area contributed by atoms with Crippen molar-refractivity contribution in [2.75, 3.05) is 13.1 Å². The lowest BCUT2D eigenvalue weighted by Crippen LogP contribution is -2.41. The lowest BCUT2D eigenvalue weighted by molar-refractivity contribution is 0.0620. The van der Waals surface area contributed by atoms with Gasteiger partial charge in [-0.25, -0.2) is 8.42 Å². The number of amides is 1. The van der Waals surface area contributed by atoms with Crippen molar-refractivity contribution in [2.45, 2.75) is 44.9 Å². The maximum Gasteiger partial charge on any atom is 0.275 e. The number of hydrogen-bond donors (Lipinski definition) is 1. The van der Waals surface area contributed by atoms with Crippen LogP contribution in [-0.4, -0.2) is 42.5 Å². The molecule has 8 heteroatoms. The van der Waals surface area contributed by atoms with E-state index in [9.17, 15) is 13.2 Å². The van der Waals surface area contributed by atoms with Crippen molar-refractivity contribution < 1.29 is 13.2 Å². The SMILES string of the molecule is CCc1[nH]nc(C(=O)N2CCC(C)(C)CC2)c1S(=O)(=O)Cl. The normalized spacial score (nSPS) is 18.8. The largest absolute Gasteiger partial charge is 0.337 e. The number of hydrogen-bond acceptors (Lipinski definition) is 4. The molecule has 1 aliphatic heterocycles. The summed E-state index contributed by atoms with van der Waals surface area (Å²) < 4.78 is 23.4. The number of aromatic amines is 1. The minimum absolute atomic E-state index is 0.0958. The summed E-state index contributed by atoms with van der Waals surface area (Å²) in [6, 6.07) is 0. The molecule has 2 rings (SSSR count). The monoisotopic (exact) mass is 333 g/mol. The van der Waals surface area contributed by atoms with Crippen LogP contribution < -0.4 is 0 Å². The minimum atomic E-state index is -4.01. The average molecular weight is 334 g/mol. The molecule has 1 aliphatic rings. The van der Waals surface area contributed by atoms with Crippen molar-refractivity contribution in [3.05, 3.63) is 11.4 Å². The number of carbonyl (C=O) groups excluding carboxylic acids is 1. The Morgan fingerprint density at radius 2 is 1.95 bits per heavy atom. The highest BCUT2D eigenvalue weighted by Crippen LogP contribution is 2.31. The van der Waals surface area contributed by atoms with Crippen molar-refractivity contribution in [3.63, 3.8) is 0 Å². The fourth-order valence-corrected chi connectivity index (χ4v) is 3.83. The van der Waals surface area contributed by atoms with Gasteiger partial charge in [-0.15, -0.1) is 0 Å². The van der Waals surface area contributed by atoms with Gasteiger partial charge in [0.25, 0.3) is 15.0 Å². The van der Waals surface area contributed by atoms with E-state index in [1.54, 1.807) is 11.8 Å². The predicted octanol–water partition coefficient (Wildman–Crippen LogP) is 2.16. The maximum absolute atomic E-state index is 12.5. The number of carbonyl (C=O) groups is 1. The van der Waals surface area contributed by atoms with Crippen LogP contribution in [0.25, 0.3) is 0 Å². The molecule has 0 saturated carbocycles. The van der Waals surface area contributed by atoms with Crippen LogP contribution in [0.1, 0.15) is 49.8 Å². The first-order chi connectivity index (χ1) is 9.65. The van der Waals surface area contributed by atoms with E-state index in [2.05, 4.69) is 24.0 Å². The Morgan fingerprint density at radius 3 is 2.43 bits per heavy atom. The van der Waals surface area contributed by atoms with E-state index in [1.165, 1.54) is 0 Å². The van der Waals surface area contributed by atoms with E-state index >= 15 is 0 Å². The van der Waals surface area contributed by atoms with Gasteiger partial charge in [0.2, 0.25) is 0 Å². The molecule has 0 atom stereocenters. The Balaban J connectivity index is 2.31. The van der Waals surface area contributed by atoms with Crippen LogP contribution in [0, 0.1) is 5.41 Å². The first-order valence-electron chi connectivity index (χ1n) is 6.97. The molecule has 21 heavy (non-hydrogen) atoms.